The van der Waals surface area contributed by atoms with Crippen LogP contribution in [0.3, 0.4) is 0 Å². The van der Waals surface area contributed by atoms with Gasteiger partial charge in [0.1, 0.15) is 11.6 Å². The third kappa shape index (κ3) is 3.41. The Balaban J connectivity index is 2.09. The molecule has 1 aromatic carbocycles. The van der Waals surface area contributed by atoms with Crippen LogP contribution in [0.2, 0.25) is 0 Å². The zero-order valence-electron chi connectivity index (χ0n) is 10.1. The normalized spacial score (nSPS) is 10.1. The molecular formula is C13H14FN3O. The fraction of sp³-hybridized carbons (Fsp3) is 0.231. The molecule has 1 N–H and O–H groups in total. The van der Waals surface area contributed by atoms with Gasteiger partial charge in [0.2, 0.25) is 11.8 Å². The van der Waals surface area contributed by atoms with E-state index in [-0.39, 0.29) is 5.82 Å². The van der Waals surface area contributed by atoms with E-state index in [0.717, 1.165) is 13.0 Å². The van der Waals surface area contributed by atoms with Gasteiger partial charge in [-0.2, -0.15) is 4.98 Å². The maximum absolute atomic E-state index is 13.0. The third-order valence-electron chi connectivity index (χ3n) is 2.18. The average molecular weight is 247 g/mol. The molecule has 5 heteroatoms. The maximum Gasteiger partial charge on any atom is 0.225 e. The molecule has 0 saturated carbocycles. The fourth-order valence-electron chi connectivity index (χ4n) is 1.37. The van der Waals surface area contributed by atoms with Crippen molar-refractivity contribution in [1.29, 1.82) is 0 Å². The fourth-order valence-corrected chi connectivity index (χ4v) is 1.37. The van der Waals surface area contributed by atoms with E-state index in [1.165, 1.54) is 12.1 Å². The Kier molecular flexibility index (Phi) is 4.06. The van der Waals surface area contributed by atoms with E-state index in [0.29, 0.717) is 17.6 Å². The van der Waals surface area contributed by atoms with Gasteiger partial charge in [0, 0.05) is 24.9 Å². The number of benzene rings is 1. The Labute approximate surface area is 105 Å². The van der Waals surface area contributed by atoms with Crippen LogP contribution in [0.1, 0.15) is 13.3 Å². The lowest BCUT2D eigenvalue weighted by atomic mass is 10.3. The SMILES string of the molecule is CCCNc1nccc(Oc2cccc(F)c2)n1. The summed E-state index contributed by atoms with van der Waals surface area (Å²) >= 11 is 0. The predicted molar refractivity (Wildman–Crippen MR) is 67.3 cm³/mol. The first-order valence-corrected chi connectivity index (χ1v) is 5.78. The molecular weight excluding hydrogens is 233 g/mol. The minimum Gasteiger partial charge on any atom is -0.439 e. The smallest absolute Gasteiger partial charge is 0.225 e. The molecule has 0 amide bonds. The molecule has 4 nitrogen and oxygen atoms in total. The number of halogens is 1. The van der Waals surface area contributed by atoms with Crippen molar-refractivity contribution in [3.8, 4) is 11.6 Å². The monoisotopic (exact) mass is 247 g/mol. The molecule has 18 heavy (non-hydrogen) atoms. The van der Waals surface area contributed by atoms with E-state index in [9.17, 15) is 4.39 Å². The summed E-state index contributed by atoms with van der Waals surface area (Å²) in [5.74, 6) is 0.959. The second-order valence-electron chi connectivity index (χ2n) is 3.70. The molecule has 0 saturated heterocycles. The number of rotatable bonds is 5. The van der Waals surface area contributed by atoms with Gasteiger partial charge in [-0.05, 0) is 18.6 Å². The van der Waals surface area contributed by atoms with Crippen LogP contribution in [0.25, 0.3) is 0 Å². The Morgan fingerprint density at radius 2 is 2.22 bits per heavy atom. The van der Waals surface area contributed by atoms with Gasteiger partial charge in [-0.25, -0.2) is 9.37 Å². The van der Waals surface area contributed by atoms with Crippen LogP contribution < -0.4 is 10.1 Å². The van der Waals surface area contributed by atoms with Gasteiger partial charge in [0.05, 0.1) is 0 Å². The summed E-state index contributed by atoms with van der Waals surface area (Å²) < 4.78 is 18.4. The number of hydrogen-bond donors (Lipinski definition) is 1. The molecule has 1 aromatic heterocycles. The van der Waals surface area contributed by atoms with E-state index in [1.54, 1.807) is 24.4 Å². The molecule has 0 aliphatic carbocycles. The number of anilines is 1. The van der Waals surface area contributed by atoms with E-state index in [4.69, 9.17) is 4.74 Å². The summed E-state index contributed by atoms with van der Waals surface area (Å²) in [5.41, 5.74) is 0. The van der Waals surface area contributed by atoms with Gasteiger partial charge in [-0.3, -0.25) is 0 Å². The molecule has 0 radical (unpaired) electrons. The molecule has 2 rings (SSSR count). The van der Waals surface area contributed by atoms with Crippen molar-refractivity contribution < 1.29 is 9.13 Å². The zero-order chi connectivity index (χ0) is 12.8. The van der Waals surface area contributed by atoms with Crippen molar-refractivity contribution in [3.05, 3.63) is 42.3 Å². The van der Waals surface area contributed by atoms with Gasteiger partial charge < -0.3 is 10.1 Å². The molecule has 0 bridgehead atoms. The van der Waals surface area contributed by atoms with Gasteiger partial charge in [-0.1, -0.05) is 13.0 Å². The Bertz CT molecular complexity index is 519. The number of hydrogen-bond acceptors (Lipinski definition) is 4. The van der Waals surface area contributed by atoms with E-state index in [2.05, 4.69) is 22.2 Å². The largest absolute Gasteiger partial charge is 0.439 e. The standard InChI is InChI=1S/C13H14FN3O/c1-2-7-15-13-16-8-6-12(17-13)18-11-5-3-4-10(14)9-11/h3-6,8-9H,2,7H2,1H3,(H,15,16,17). The van der Waals surface area contributed by atoms with Gasteiger partial charge in [-0.15, -0.1) is 0 Å². The third-order valence-corrected chi connectivity index (χ3v) is 2.18. The summed E-state index contributed by atoms with van der Waals surface area (Å²) in [6.45, 7) is 2.85. The number of ether oxygens (including phenoxy) is 1. The molecule has 0 aliphatic rings. The Morgan fingerprint density at radius 1 is 1.33 bits per heavy atom. The summed E-state index contributed by atoms with van der Waals surface area (Å²) in [4.78, 5) is 8.23. The second-order valence-corrected chi connectivity index (χ2v) is 3.70. The van der Waals surface area contributed by atoms with Crippen molar-refractivity contribution in [2.75, 3.05) is 11.9 Å². The first-order valence-electron chi connectivity index (χ1n) is 5.78. The first-order chi connectivity index (χ1) is 8.78. The molecule has 0 spiro atoms. The zero-order valence-corrected chi connectivity index (χ0v) is 10.1. The predicted octanol–water partition coefficient (Wildman–Crippen LogP) is 3.23. The molecule has 0 unspecified atom stereocenters. The summed E-state index contributed by atoms with van der Waals surface area (Å²) in [6.07, 6.45) is 2.58. The van der Waals surface area contributed by atoms with Crippen molar-refractivity contribution in [3.63, 3.8) is 0 Å². The van der Waals surface area contributed by atoms with Crippen molar-refractivity contribution in [1.82, 2.24) is 9.97 Å². The summed E-state index contributed by atoms with van der Waals surface area (Å²) in [6, 6.07) is 7.55. The van der Waals surface area contributed by atoms with Crippen molar-refractivity contribution in [2.45, 2.75) is 13.3 Å². The van der Waals surface area contributed by atoms with Gasteiger partial charge in [0.15, 0.2) is 0 Å². The van der Waals surface area contributed by atoms with Crippen LogP contribution in [-0.4, -0.2) is 16.5 Å². The molecule has 94 valence electrons. The lowest BCUT2D eigenvalue weighted by molar-refractivity contribution is 0.457. The molecule has 0 fully saturated rings. The first kappa shape index (κ1) is 12.3. The lowest BCUT2D eigenvalue weighted by Crippen LogP contribution is -2.04. The topological polar surface area (TPSA) is 47.0 Å². The van der Waals surface area contributed by atoms with Crippen LogP contribution in [0.15, 0.2) is 36.5 Å². The highest BCUT2D eigenvalue weighted by molar-refractivity contribution is 5.31. The molecule has 2 aromatic rings. The van der Waals surface area contributed by atoms with Crippen molar-refractivity contribution in [2.24, 2.45) is 0 Å². The number of nitrogens with one attached hydrogen (secondary N) is 1. The van der Waals surface area contributed by atoms with Crippen LogP contribution in [0.5, 0.6) is 11.6 Å². The number of aromatic nitrogens is 2. The quantitative estimate of drug-likeness (QED) is 0.881. The second kappa shape index (κ2) is 5.95. The van der Waals surface area contributed by atoms with Gasteiger partial charge in [0.25, 0.3) is 0 Å². The highest BCUT2D eigenvalue weighted by Gasteiger charge is 2.02. The van der Waals surface area contributed by atoms with E-state index in [1.807, 2.05) is 0 Å². The lowest BCUT2D eigenvalue weighted by Gasteiger charge is -2.06. The molecule has 0 atom stereocenters. The van der Waals surface area contributed by atoms with Crippen LogP contribution in [0.4, 0.5) is 10.3 Å². The Morgan fingerprint density at radius 3 is 3.00 bits per heavy atom. The highest BCUT2D eigenvalue weighted by Crippen LogP contribution is 2.20. The van der Waals surface area contributed by atoms with Gasteiger partial charge >= 0.3 is 0 Å². The minimum atomic E-state index is -0.342. The molecule has 0 aliphatic heterocycles. The van der Waals surface area contributed by atoms with E-state index < -0.39 is 0 Å². The number of nitrogens with zero attached hydrogens (tertiary/aromatic N) is 2. The average Bonchev–Trinajstić information content (AvgIpc) is 2.37. The van der Waals surface area contributed by atoms with Crippen molar-refractivity contribution >= 4 is 5.95 Å². The van der Waals surface area contributed by atoms with Crippen LogP contribution >= 0.6 is 0 Å². The minimum absolute atomic E-state index is 0.342. The Hall–Kier alpha value is -2.17. The highest BCUT2D eigenvalue weighted by atomic mass is 19.1. The van der Waals surface area contributed by atoms with Crippen LogP contribution in [0, 0.1) is 5.82 Å². The van der Waals surface area contributed by atoms with E-state index >= 15 is 0 Å². The molecule has 1 heterocycles. The maximum atomic E-state index is 13.0. The summed E-state index contributed by atoms with van der Waals surface area (Å²) in [7, 11) is 0. The summed E-state index contributed by atoms with van der Waals surface area (Å²) in [5, 5.41) is 3.06. The van der Waals surface area contributed by atoms with Crippen LogP contribution in [-0.2, 0) is 0 Å².